The lowest BCUT2D eigenvalue weighted by molar-refractivity contribution is 0.368. The first-order chi connectivity index (χ1) is 11.1. The fraction of sp³-hybridized carbons (Fsp3) is 0.471. The molecule has 0 amide bonds. The van der Waals surface area contributed by atoms with Gasteiger partial charge in [-0.25, -0.2) is 13.1 Å². The van der Waals surface area contributed by atoms with Gasteiger partial charge in [0.05, 0.1) is 5.75 Å². The number of rotatable bonds is 7. The molecule has 1 aromatic carbocycles. The van der Waals surface area contributed by atoms with Gasteiger partial charge in [0, 0.05) is 6.04 Å². The predicted molar refractivity (Wildman–Crippen MR) is 90.4 cm³/mol. The van der Waals surface area contributed by atoms with Gasteiger partial charge in [-0.2, -0.15) is 5.26 Å². The van der Waals surface area contributed by atoms with Crippen LogP contribution in [0.25, 0.3) is 5.57 Å². The second-order valence-electron chi connectivity index (χ2n) is 5.55. The molecule has 1 aliphatic carbocycles. The largest absolute Gasteiger partial charge is 0.479 e. The van der Waals surface area contributed by atoms with Crippen LogP contribution in [0.15, 0.2) is 30.3 Å². The molecule has 2 rings (SSSR count). The van der Waals surface area contributed by atoms with Crippen molar-refractivity contribution in [2.75, 3.05) is 12.4 Å². The number of nitrogens with zero attached hydrogens (tertiary/aromatic N) is 1. The lowest BCUT2D eigenvalue weighted by Crippen LogP contribution is -2.38. The highest BCUT2D eigenvalue weighted by molar-refractivity contribution is 7.89. The zero-order chi connectivity index (χ0) is 16.7. The predicted octanol–water partition coefficient (Wildman–Crippen LogP) is 2.85. The summed E-state index contributed by atoms with van der Waals surface area (Å²) >= 11 is 0. The summed E-state index contributed by atoms with van der Waals surface area (Å²) in [5.41, 5.74) is 2.00. The highest BCUT2D eigenvalue weighted by Crippen LogP contribution is 2.29. The van der Waals surface area contributed by atoms with Crippen LogP contribution in [0.2, 0.25) is 0 Å². The zero-order valence-corrected chi connectivity index (χ0v) is 14.1. The van der Waals surface area contributed by atoms with Crippen molar-refractivity contribution >= 4 is 15.6 Å². The van der Waals surface area contributed by atoms with Gasteiger partial charge < -0.3 is 4.74 Å². The third-order valence-electron chi connectivity index (χ3n) is 3.72. The molecular weight excluding hydrogens is 312 g/mol. The Morgan fingerprint density at radius 2 is 2.09 bits per heavy atom. The van der Waals surface area contributed by atoms with E-state index in [9.17, 15) is 8.42 Å². The molecule has 0 spiro atoms. The maximum Gasteiger partial charge on any atom is 0.212 e. The summed E-state index contributed by atoms with van der Waals surface area (Å²) in [5, 5.41) is 8.52. The van der Waals surface area contributed by atoms with E-state index in [2.05, 4.69) is 10.8 Å². The van der Waals surface area contributed by atoms with Gasteiger partial charge in [0.1, 0.15) is 11.8 Å². The maximum absolute atomic E-state index is 12.1. The lowest BCUT2D eigenvalue weighted by atomic mass is 9.90. The first-order valence-corrected chi connectivity index (χ1v) is 9.51. The normalized spacial score (nSPS) is 18.1. The molecule has 23 heavy (non-hydrogen) atoms. The average Bonchev–Trinajstić information content (AvgIpc) is 2.53. The smallest absolute Gasteiger partial charge is 0.212 e. The Kier molecular flexibility index (Phi) is 6.20. The second-order valence-corrected chi connectivity index (χ2v) is 7.42. The molecule has 0 radical (unpaired) electrons. The van der Waals surface area contributed by atoms with Crippen molar-refractivity contribution in [1.82, 2.24) is 4.72 Å². The average molecular weight is 334 g/mol. The lowest BCUT2D eigenvalue weighted by Gasteiger charge is -2.25. The number of ether oxygens (including phenoxy) is 1. The molecule has 0 fully saturated rings. The van der Waals surface area contributed by atoms with Gasteiger partial charge in [0.15, 0.2) is 6.61 Å². The van der Waals surface area contributed by atoms with Gasteiger partial charge in [-0.15, -0.1) is 0 Å². The first-order valence-electron chi connectivity index (χ1n) is 7.86. The van der Waals surface area contributed by atoms with Crippen molar-refractivity contribution in [2.24, 2.45) is 0 Å². The van der Waals surface area contributed by atoms with E-state index in [-0.39, 0.29) is 18.4 Å². The Bertz CT molecular complexity index is 688. The Morgan fingerprint density at radius 1 is 1.35 bits per heavy atom. The van der Waals surface area contributed by atoms with Gasteiger partial charge in [-0.3, -0.25) is 0 Å². The highest BCUT2D eigenvalue weighted by atomic mass is 32.2. The van der Waals surface area contributed by atoms with E-state index in [4.69, 9.17) is 10.00 Å². The molecule has 0 aromatic heterocycles. The Hall–Kier alpha value is -1.84. The van der Waals surface area contributed by atoms with E-state index in [0.717, 1.165) is 30.4 Å². The Morgan fingerprint density at radius 3 is 2.74 bits per heavy atom. The fourth-order valence-electron chi connectivity index (χ4n) is 2.72. The zero-order valence-electron chi connectivity index (χ0n) is 13.3. The second kappa shape index (κ2) is 8.14. The molecule has 0 saturated carbocycles. The third-order valence-corrected chi connectivity index (χ3v) is 5.31. The molecule has 0 aliphatic heterocycles. The van der Waals surface area contributed by atoms with Crippen molar-refractivity contribution < 1.29 is 13.2 Å². The fourth-order valence-corrected chi connectivity index (χ4v) is 4.06. The summed E-state index contributed by atoms with van der Waals surface area (Å²) in [7, 11) is -3.24. The number of sulfonamides is 1. The molecule has 6 heteroatoms. The molecule has 1 N–H and O–H groups in total. The van der Waals surface area contributed by atoms with Crippen molar-refractivity contribution in [1.29, 1.82) is 5.26 Å². The minimum Gasteiger partial charge on any atom is -0.479 e. The summed E-state index contributed by atoms with van der Waals surface area (Å²) in [6.45, 7) is 1.87. The highest BCUT2D eigenvalue weighted by Gasteiger charge is 2.23. The van der Waals surface area contributed by atoms with Gasteiger partial charge in [0.25, 0.3) is 0 Å². The SMILES string of the molecule is CCCS(=O)(=O)NC1CCCC=C1c1ccc(OCC#N)cc1. The van der Waals surface area contributed by atoms with Crippen LogP contribution in [0.5, 0.6) is 5.75 Å². The molecule has 0 heterocycles. The van der Waals surface area contributed by atoms with Crippen LogP contribution >= 0.6 is 0 Å². The summed E-state index contributed by atoms with van der Waals surface area (Å²) < 4.78 is 32.2. The van der Waals surface area contributed by atoms with E-state index in [1.165, 1.54) is 0 Å². The van der Waals surface area contributed by atoms with E-state index in [1.54, 1.807) is 12.1 Å². The van der Waals surface area contributed by atoms with Crippen molar-refractivity contribution in [3.05, 3.63) is 35.9 Å². The van der Waals surface area contributed by atoms with E-state index < -0.39 is 10.0 Å². The number of nitriles is 1. The minimum atomic E-state index is -3.24. The monoisotopic (exact) mass is 334 g/mol. The number of hydrogen-bond donors (Lipinski definition) is 1. The van der Waals surface area contributed by atoms with Gasteiger partial charge in [0.2, 0.25) is 10.0 Å². The summed E-state index contributed by atoms with van der Waals surface area (Å²) in [4.78, 5) is 0. The van der Waals surface area contributed by atoms with Crippen LogP contribution in [-0.4, -0.2) is 26.8 Å². The van der Waals surface area contributed by atoms with Crippen LogP contribution in [0.1, 0.15) is 38.2 Å². The van der Waals surface area contributed by atoms with Crippen LogP contribution in [-0.2, 0) is 10.0 Å². The van der Waals surface area contributed by atoms with Crippen LogP contribution in [0, 0.1) is 11.3 Å². The molecule has 0 saturated heterocycles. The number of benzene rings is 1. The standard InChI is InChI=1S/C17H22N2O3S/c1-2-13-23(20,21)19-17-6-4-3-5-16(17)14-7-9-15(10-8-14)22-12-11-18/h5,7-10,17,19H,2-4,6,12-13H2,1H3. The van der Waals surface area contributed by atoms with Gasteiger partial charge in [-0.1, -0.05) is 25.1 Å². The maximum atomic E-state index is 12.1. The Labute approximate surface area is 138 Å². The topological polar surface area (TPSA) is 79.2 Å². The van der Waals surface area contributed by atoms with Crippen LogP contribution < -0.4 is 9.46 Å². The van der Waals surface area contributed by atoms with E-state index in [0.29, 0.717) is 12.2 Å². The number of hydrogen-bond acceptors (Lipinski definition) is 4. The Balaban J connectivity index is 2.15. The van der Waals surface area contributed by atoms with E-state index in [1.807, 2.05) is 25.1 Å². The summed E-state index contributed by atoms with van der Waals surface area (Å²) in [5.74, 6) is 0.785. The minimum absolute atomic E-state index is 0.0154. The third kappa shape index (κ3) is 5.08. The molecular formula is C17H22N2O3S. The van der Waals surface area contributed by atoms with Crippen LogP contribution in [0.3, 0.4) is 0 Å². The van der Waals surface area contributed by atoms with Gasteiger partial charge >= 0.3 is 0 Å². The molecule has 124 valence electrons. The summed E-state index contributed by atoms with van der Waals surface area (Å²) in [6, 6.07) is 9.18. The molecule has 5 nitrogen and oxygen atoms in total. The van der Waals surface area contributed by atoms with Crippen molar-refractivity contribution in [3.8, 4) is 11.8 Å². The molecule has 1 aliphatic rings. The molecule has 0 bridgehead atoms. The molecule has 1 aromatic rings. The summed E-state index contributed by atoms with van der Waals surface area (Å²) in [6.07, 6.45) is 5.45. The van der Waals surface area contributed by atoms with Crippen molar-refractivity contribution in [2.45, 2.75) is 38.6 Å². The van der Waals surface area contributed by atoms with Gasteiger partial charge in [-0.05, 0) is 49.0 Å². The van der Waals surface area contributed by atoms with E-state index >= 15 is 0 Å². The quantitative estimate of drug-likeness (QED) is 0.831. The number of nitrogens with one attached hydrogen (secondary N) is 1. The van der Waals surface area contributed by atoms with Crippen molar-refractivity contribution in [3.63, 3.8) is 0 Å². The first kappa shape index (κ1) is 17.5. The molecule has 1 atom stereocenters. The number of allylic oxidation sites excluding steroid dienone is 1. The van der Waals surface area contributed by atoms with Crippen LogP contribution in [0.4, 0.5) is 0 Å². The molecule has 1 unspecified atom stereocenters.